The molecule has 0 fully saturated rings. The summed E-state index contributed by atoms with van der Waals surface area (Å²) >= 11 is 6.12. The van der Waals surface area contributed by atoms with Crippen LogP contribution in [0.25, 0.3) is 0 Å². The Labute approximate surface area is 187 Å². The molecule has 2 N–H and O–H groups in total. The maximum Gasteiger partial charge on any atom is 0.326 e. The Morgan fingerprint density at radius 2 is 1.68 bits per heavy atom. The number of urea groups is 1. The lowest BCUT2D eigenvalue weighted by Gasteiger charge is -2.23. The Bertz CT molecular complexity index is 1110. The third-order valence-electron chi connectivity index (χ3n) is 5.52. The fraction of sp³-hybridized carbons (Fsp3) is 0.200. The van der Waals surface area contributed by atoms with Crippen molar-refractivity contribution in [2.45, 2.75) is 26.2 Å². The SMILES string of the molecule is Cc1c(Cl)cccc1NC(=O)c1ccc(NC(=O)N2CCCCc3ccccc32)cc1. The van der Waals surface area contributed by atoms with Crippen molar-refractivity contribution in [1.82, 2.24) is 0 Å². The molecule has 1 aliphatic heterocycles. The fourth-order valence-corrected chi connectivity index (χ4v) is 3.91. The number of halogens is 1. The van der Waals surface area contributed by atoms with Gasteiger partial charge in [0.05, 0.1) is 0 Å². The minimum Gasteiger partial charge on any atom is -0.322 e. The highest BCUT2D eigenvalue weighted by Gasteiger charge is 2.21. The van der Waals surface area contributed by atoms with Gasteiger partial charge >= 0.3 is 6.03 Å². The molecule has 0 bridgehead atoms. The average molecular weight is 434 g/mol. The third kappa shape index (κ3) is 4.72. The van der Waals surface area contributed by atoms with Crippen LogP contribution in [0, 0.1) is 6.92 Å². The van der Waals surface area contributed by atoms with Crippen LogP contribution in [0.5, 0.6) is 0 Å². The zero-order valence-electron chi connectivity index (χ0n) is 17.3. The summed E-state index contributed by atoms with van der Waals surface area (Å²) in [6.45, 7) is 2.54. The molecule has 0 unspecified atom stereocenters. The van der Waals surface area contributed by atoms with Crippen molar-refractivity contribution in [2.24, 2.45) is 0 Å². The molecule has 1 heterocycles. The molecule has 0 saturated heterocycles. The van der Waals surface area contributed by atoms with Gasteiger partial charge < -0.3 is 10.6 Å². The molecular weight excluding hydrogens is 410 g/mol. The summed E-state index contributed by atoms with van der Waals surface area (Å²) in [6.07, 6.45) is 3.01. The van der Waals surface area contributed by atoms with Crippen LogP contribution in [0.2, 0.25) is 5.02 Å². The minimum atomic E-state index is -0.232. The van der Waals surface area contributed by atoms with E-state index in [2.05, 4.69) is 16.7 Å². The topological polar surface area (TPSA) is 61.4 Å². The first kappa shape index (κ1) is 20.9. The summed E-state index contributed by atoms with van der Waals surface area (Å²) < 4.78 is 0. The predicted molar refractivity (Wildman–Crippen MR) is 126 cm³/mol. The summed E-state index contributed by atoms with van der Waals surface area (Å²) in [5.41, 5.74) is 4.79. The molecule has 1 aliphatic rings. The van der Waals surface area contributed by atoms with Gasteiger partial charge in [-0.15, -0.1) is 0 Å². The van der Waals surface area contributed by atoms with Gasteiger partial charge in [0.25, 0.3) is 5.91 Å². The monoisotopic (exact) mass is 433 g/mol. The van der Waals surface area contributed by atoms with Gasteiger partial charge in [0.15, 0.2) is 0 Å². The number of para-hydroxylation sites is 1. The molecule has 0 spiro atoms. The van der Waals surface area contributed by atoms with Crippen LogP contribution in [-0.4, -0.2) is 18.5 Å². The van der Waals surface area contributed by atoms with E-state index < -0.39 is 0 Å². The van der Waals surface area contributed by atoms with E-state index in [0.29, 0.717) is 28.5 Å². The number of fused-ring (bicyclic) bond motifs is 1. The van der Waals surface area contributed by atoms with E-state index in [1.54, 1.807) is 41.3 Å². The van der Waals surface area contributed by atoms with Crippen molar-refractivity contribution < 1.29 is 9.59 Å². The van der Waals surface area contributed by atoms with E-state index in [9.17, 15) is 9.59 Å². The second-order valence-electron chi connectivity index (χ2n) is 7.61. The molecule has 3 amide bonds. The van der Waals surface area contributed by atoms with E-state index >= 15 is 0 Å². The largest absolute Gasteiger partial charge is 0.326 e. The summed E-state index contributed by atoms with van der Waals surface area (Å²) in [4.78, 5) is 27.3. The van der Waals surface area contributed by atoms with Crippen molar-refractivity contribution in [1.29, 1.82) is 0 Å². The van der Waals surface area contributed by atoms with Crippen molar-refractivity contribution in [3.63, 3.8) is 0 Å². The number of nitrogens with zero attached hydrogens (tertiary/aromatic N) is 1. The average Bonchev–Trinajstić information content (AvgIpc) is 3.00. The second-order valence-corrected chi connectivity index (χ2v) is 8.02. The van der Waals surface area contributed by atoms with Crippen LogP contribution in [0.1, 0.15) is 34.3 Å². The molecule has 6 heteroatoms. The third-order valence-corrected chi connectivity index (χ3v) is 5.93. The maximum atomic E-state index is 12.9. The second kappa shape index (κ2) is 9.23. The highest BCUT2D eigenvalue weighted by Crippen LogP contribution is 2.27. The van der Waals surface area contributed by atoms with Crippen LogP contribution < -0.4 is 15.5 Å². The van der Waals surface area contributed by atoms with Gasteiger partial charge in [-0.1, -0.05) is 35.9 Å². The minimum absolute atomic E-state index is 0.166. The Morgan fingerprint density at radius 1 is 0.903 bits per heavy atom. The molecule has 0 aliphatic carbocycles. The molecule has 3 aromatic carbocycles. The van der Waals surface area contributed by atoms with E-state index in [-0.39, 0.29) is 11.9 Å². The Morgan fingerprint density at radius 3 is 2.48 bits per heavy atom. The summed E-state index contributed by atoms with van der Waals surface area (Å²) in [5, 5.41) is 6.43. The summed E-state index contributed by atoms with van der Waals surface area (Å²) in [6, 6.07) is 20.1. The molecule has 4 rings (SSSR count). The number of hydrogen-bond donors (Lipinski definition) is 2. The zero-order valence-corrected chi connectivity index (χ0v) is 18.1. The van der Waals surface area contributed by atoms with Gasteiger partial charge in [0.1, 0.15) is 0 Å². The van der Waals surface area contributed by atoms with E-state index in [1.165, 1.54) is 5.56 Å². The molecule has 158 valence electrons. The van der Waals surface area contributed by atoms with Crippen LogP contribution in [-0.2, 0) is 6.42 Å². The number of amides is 3. The van der Waals surface area contributed by atoms with Crippen molar-refractivity contribution in [3.8, 4) is 0 Å². The molecular formula is C25H24ClN3O2. The number of carbonyl (C=O) groups is 2. The molecule has 31 heavy (non-hydrogen) atoms. The lowest BCUT2D eigenvalue weighted by Crippen LogP contribution is -2.35. The number of nitrogens with one attached hydrogen (secondary N) is 2. The van der Waals surface area contributed by atoms with Gasteiger partial charge in [-0.3, -0.25) is 9.69 Å². The number of rotatable bonds is 3. The quantitative estimate of drug-likeness (QED) is 0.510. The Kier molecular flexibility index (Phi) is 6.23. The van der Waals surface area contributed by atoms with E-state index in [1.807, 2.05) is 31.2 Å². The van der Waals surface area contributed by atoms with Crippen LogP contribution in [0.4, 0.5) is 21.9 Å². The Balaban J connectivity index is 1.44. The van der Waals surface area contributed by atoms with Crippen LogP contribution in [0.15, 0.2) is 66.7 Å². The molecule has 0 aromatic heterocycles. The Hall–Kier alpha value is -3.31. The van der Waals surface area contributed by atoms with E-state index in [0.717, 1.165) is 30.5 Å². The lowest BCUT2D eigenvalue weighted by molar-refractivity contribution is 0.102. The molecule has 0 saturated carbocycles. The molecule has 0 atom stereocenters. The number of carbonyl (C=O) groups excluding carboxylic acids is 2. The van der Waals surface area contributed by atoms with Gasteiger partial charge in [-0.25, -0.2) is 4.79 Å². The van der Waals surface area contributed by atoms with Crippen molar-refractivity contribution >= 4 is 40.6 Å². The standard InChI is InChI=1S/C25H24ClN3O2/c1-17-21(26)9-6-10-22(17)28-24(30)19-12-14-20(15-13-19)27-25(31)29-16-5-4-8-18-7-2-3-11-23(18)29/h2-3,6-7,9-15H,4-5,8,16H2,1H3,(H,27,31)(H,28,30). The molecule has 5 nitrogen and oxygen atoms in total. The lowest BCUT2D eigenvalue weighted by atomic mass is 10.1. The first-order valence-corrected chi connectivity index (χ1v) is 10.7. The number of benzene rings is 3. The van der Waals surface area contributed by atoms with Gasteiger partial charge in [-0.05, 0) is 79.8 Å². The van der Waals surface area contributed by atoms with E-state index in [4.69, 9.17) is 11.6 Å². The summed E-state index contributed by atoms with van der Waals surface area (Å²) in [7, 11) is 0. The predicted octanol–water partition coefficient (Wildman–Crippen LogP) is 6.28. The van der Waals surface area contributed by atoms with Gasteiger partial charge in [-0.2, -0.15) is 0 Å². The highest BCUT2D eigenvalue weighted by molar-refractivity contribution is 6.31. The number of anilines is 3. The smallest absolute Gasteiger partial charge is 0.322 e. The van der Waals surface area contributed by atoms with Crippen molar-refractivity contribution in [2.75, 3.05) is 22.1 Å². The number of hydrogen-bond acceptors (Lipinski definition) is 2. The first-order chi connectivity index (χ1) is 15.0. The zero-order chi connectivity index (χ0) is 21.8. The van der Waals surface area contributed by atoms with Crippen LogP contribution in [0.3, 0.4) is 0 Å². The summed E-state index contributed by atoms with van der Waals surface area (Å²) in [5.74, 6) is -0.232. The maximum absolute atomic E-state index is 12.9. The number of aryl methyl sites for hydroxylation is 1. The highest BCUT2D eigenvalue weighted by atomic mass is 35.5. The normalized spacial score (nSPS) is 13.2. The fourth-order valence-electron chi connectivity index (χ4n) is 3.74. The van der Waals surface area contributed by atoms with Gasteiger partial charge in [0.2, 0.25) is 0 Å². The first-order valence-electron chi connectivity index (χ1n) is 10.4. The van der Waals surface area contributed by atoms with Crippen LogP contribution >= 0.6 is 11.6 Å². The molecule has 0 radical (unpaired) electrons. The van der Waals surface area contributed by atoms with Gasteiger partial charge in [0, 0.05) is 34.2 Å². The van der Waals surface area contributed by atoms with Crippen molar-refractivity contribution in [3.05, 3.63) is 88.4 Å². The molecule has 3 aromatic rings.